The first-order valence-electron chi connectivity index (χ1n) is 12.7. The molecule has 2 aromatic carbocycles. The van der Waals surface area contributed by atoms with Crippen molar-refractivity contribution < 1.29 is 28.6 Å². The van der Waals surface area contributed by atoms with Crippen LogP contribution in [-0.2, 0) is 25.5 Å². The van der Waals surface area contributed by atoms with Crippen LogP contribution < -0.4 is 0 Å². The van der Waals surface area contributed by atoms with E-state index in [9.17, 15) is 9.59 Å². The second-order valence-corrected chi connectivity index (χ2v) is 8.80. The molecule has 1 N–H and O–H groups in total. The zero-order valence-electron chi connectivity index (χ0n) is 23.5. The molecule has 1 atom stereocenters. The lowest BCUT2D eigenvalue weighted by Gasteiger charge is -2.09. The smallest absolute Gasteiger partial charge is 0.334 e. The van der Waals surface area contributed by atoms with Gasteiger partial charge in [0, 0.05) is 30.9 Å². The molecule has 3 aromatic rings. The van der Waals surface area contributed by atoms with Crippen LogP contribution in [0.1, 0.15) is 63.0 Å². The molecule has 1 fully saturated rings. The molecular formula is C31H42O6. The van der Waals surface area contributed by atoms with Gasteiger partial charge < -0.3 is 19.0 Å². The van der Waals surface area contributed by atoms with E-state index in [1.54, 1.807) is 0 Å². The van der Waals surface area contributed by atoms with E-state index in [1.165, 1.54) is 16.7 Å². The van der Waals surface area contributed by atoms with Crippen molar-refractivity contribution in [1.82, 2.24) is 0 Å². The van der Waals surface area contributed by atoms with Gasteiger partial charge in [-0.1, -0.05) is 66.4 Å². The standard InChI is InChI=1S/C20H22O5.C8H10.C2H6.CH4O/c1-12(2)17-10-16(25-20(17)22)11-23-19(21)7-5-15-9-14-8-13(3)4-6-18(14)24-15;1-7-3-5-8(2)6-4-7;2*1-2/h4,6,8-9,16H,5,7,10-11H2,1-3H3;3-6H,1-2H3;1-2H3;2H,1H3. The van der Waals surface area contributed by atoms with Crippen LogP contribution in [0.3, 0.4) is 0 Å². The molecule has 1 aliphatic rings. The highest BCUT2D eigenvalue weighted by molar-refractivity contribution is 5.91. The minimum absolute atomic E-state index is 0.0979. The minimum atomic E-state index is -0.379. The largest absolute Gasteiger partial charge is 0.462 e. The number of ether oxygens (including phenoxy) is 2. The minimum Gasteiger partial charge on any atom is -0.462 e. The van der Waals surface area contributed by atoms with Crippen LogP contribution in [0.15, 0.2) is 64.1 Å². The first-order chi connectivity index (χ1) is 17.7. The predicted octanol–water partition coefficient (Wildman–Crippen LogP) is 6.81. The zero-order valence-corrected chi connectivity index (χ0v) is 23.5. The van der Waals surface area contributed by atoms with E-state index >= 15 is 0 Å². The van der Waals surface area contributed by atoms with Crippen molar-refractivity contribution in [3.05, 3.63) is 82.1 Å². The summed E-state index contributed by atoms with van der Waals surface area (Å²) in [5.74, 6) is 0.133. The maximum Gasteiger partial charge on any atom is 0.334 e. The van der Waals surface area contributed by atoms with Crippen LogP contribution in [0, 0.1) is 20.8 Å². The number of allylic oxidation sites excluding steroid dienone is 1. The maximum atomic E-state index is 11.9. The summed E-state index contributed by atoms with van der Waals surface area (Å²) in [6.45, 7) is 14.1. The van der Waals surface area contributed by atoms with Crippen LogP contribution in [0.4, 0.5) is 0 Å². The Bertz CT molecular complexity index is 1130. The monoisotopic (exact) mass is 510 g/mol. The molecule has 0 spiro atoms. The molecule has 1 saturated heterocycles. The number of cyclic esters (lactones) is 1. The third-order valence-electron chi connectivity index (χ3n) is 5.50. The number of carbonyl (C=O) groups excluding carboxylic acids is 2. The Morgan fingerprint density at radius 1 is 0.946 bits per heavy atom. The van der Waals surface area contributed by atoms with E-state index in [0.717, 1.165) is 29.4 Å². The Balaban J connectivity index is 0.000000478. The highest BCUT2D eigenvalue weighted by Gasteiger charge is 2.30. The van der Waals surface area contributed by atoms with Gasteiger partial charge in [0.05, 0.1) is 6.42 Å². The Morgan fingerprint density at radius 2 is 1.51 bits per heavy atom. The molecule has 2 heterocycles. The molecule has 202 valence electrons. The lowest BCUT2D eigenvalue weighted by molar-refractivity contribution is -0.152. The van der Waals surface area contributed by atoms with E-state index in [1.807, 2.05) is 52.8 Å². The first-order valence-corrected chi connectivity index (χ1v) is 12.7. The number of aliphatic hydroxyl groups is 1. The van der Waals surface area contributed by atoms with Crippen molar-refractivity contribution in [3.8, 4) is 0 Å². The second kappa shape index (κ2) is 16.4. The van der Waals surface area contributed by atoms with Gasteiger partial charge in [-0.25, -0.2) is 4.79 Å². The molecule has 0 bridgehead atoms. The van der Waals surface area contributed by atoms with E-state index in [2.05, 4.69) is 44.2 Å². The summed E-state index contributed by atoms with van der Waals surface area (Å²) in [5.41, 5.74) is 6.27. The molecule has 1 unspecified atom stereocenters. The van der Waals surface area contributed by atoms with E-state index in [4.69, 9.17) is 19.0 Å². The molecule has 0 aliphatic carbocycles. The van der Waals surface area contributed by atoms with Crippen molar-refractivity contribution in [1.29, 1.82) is 0 Å². The normalized spacial score (nSPS) is 13.8. The lowest BCUT2D eigenvalue weighted by Crippen LogP contribution is -2.18. The fourth-order valence-electron chi connectivity index (χ4n) is 3.54. The van der Waals surface area contributed by atoms with E-state index < -0.39 is 0 Å². The summed E-state index contributed by atoms with van der Waals surface area (Å²) in [6.07, 6.45) is 0.832. The quantitative estimate of drug-likeness (QED) is 0.300. The molecule has 6 nitrogen and oxygen atoms in total. The molecule has 4 rings (SSSR count). The molecule has 37 heavy (non-hydrogen) atoms. The Labute approximate surface area is 221 Å². The van der Waals surface area contributed by atoms with Crippen LogP contribution in [-0.4, -0.2) is 36.9 Å². The fraction of sp³-hybridized carbons (Fsp3) is 0.419. The average molecular weight is 511 g/mol. The summed E-state index contributed by atoms with van der Waals surface area (Å²) < 4.78 is 16.2. The van der Waals surface area contributed by atoms with E-state index in [-0.39, 0.29) is 31.1 Å². The fourth-order valence-corrected chi connectivity index (χ4v) is 3.54. The van der Waals surface area contributed by atoms with Crippen molar-refractivity contribution in [3.63, 3.8) is 0 Å². The predicted molar refractivity (Wildman–Crippen MR) is 149 cm³/mol. The molecule has 0 saturated carbocycles. The Hall–Kier alpha value is -3.38. The molecule has 1 aliphatic heterocycles. The van der Waals surface area contributed by atoms with Crippen molar-refractivity contribution in [2.45, 2.75) is 73.8 Å². The number of fused-ring (bicyclic) bond motifs is 1. The van der Waals surface area contributed by atoms with Gasteiger partial charge in [-0.05, 0) is 52.8 Å². The van der Waals surface area contributed by atoms with Gasteiger partial charge in [0.1, 0.15) is 24.1 Å². The number of rotatable bonds is 5. The summed E-state index contributed by atoms with van der Waals surface area (Å²) in [5, 5.41) is 8.04. The lowest BCUT2D eigenvalue weighted by atomic mass is 10.1. The van der Waals surface area contributed by atoms with Gasteiger partial charge in [0.2, 0.25) is 0 Å². The van der Waals surface area contributed by atoms with Crippen LogP contribution >= 0.6 is 0 Å². The topological polar surface area (TPSA) is 86.0 Å². The molecule has 0 radical (unpaired) electrons. The molecular weight excluding hydrogens is 468 g/mol. The number of furan rings is 1. The SMILES string of the molecule is CC.CC(C)=C1CC(COC(=O)CCc2cc3cc(C)ccc3o2)OC1=O.CO.Cc1ccc(C)cc1. The number of benzene rings is 2. The van der Waals surface area contributed by atoms with Gasteiger partial charge in [0.25, 0.3) is 0 Å². The third kappa shape index (κ3) is 10.6. The summed E-state index contributed by atoms with van der Waals surface area (Å²) >= 11 is 0. The second-order valence-electron chi connectivity index (χ2n) is 8.80. The third-order valence-corrected chi connectivity index (χ3v) is 5.50. The Morgan fingerprint density at radius 3 is 2.05 bits per heavy atom. The highest BCUT2D eigenvalue weighted by atomic mass is 16.6. The van der Waals surface area contributed by atoms with Crippen molar-refractivity contribution in [2.24, 2.45) is 0 Å². The van der Waals surface area contributed by atoms with Gasteiger partial charge in [-0.3, -0.25) is 4.79 Å². The van der Waals surface area contributed by atoms with Gasteiger partial charge in [-0.2, -0.15) is 0 Å². The number of hydrogen-bond acceptors (Lipinski definition) is 6. The van der Waals surface area contributed by atoms with Crippen LogP contribution in [0.2, 0.25) is 0 Å². The number of hydrogen-bond donors (Lipinski definition) is 1. The van der Waals surface area contributed by atoms with Gasteiger partial charge in [-0.15, -0.1) is 0 Å². The van der Waals surface area contributed by atoms with Crippen molar-refractivity contribution in [2.75, 3.05) is 13.7 Å². The zero-order chi connectivity index (χ0) is 28.0. The number of carbonyl (C=O) groups is 2. The van der Waals surface area contributed by atoms with Gasteiger partial charge >= 0.3 is 11.9 Å². The molecule has 6 heteroatoms. The van der Waals surface area contributed by atoms with Crippen molar-refractivity contribution >= 4 is 22.9 Å². The van der Waals surface area contributed by atoms with E-state index in [0.29, 0.717) is 18.4 Å². The number of aliphatic hydroxyl groups excluding tert-OH is 1. The molecule has 0 amide bonds. The van der Waals surface area contributed by atoms with Crippen LogP contribution in [0.25, 0.3) is 11.0 Å². The first kappa shape index (κ1) is 31.6. The number of aryl methyl sites for hydroxylation is 4. The highest BCUT2D eigenvalue weighted by Crippen LogP contribution is 2.24. The average Bonchev–Trinajstić information content (AvgIpc) is 3.48. The summed E-state index contributed by atoms with van der Waals surface area (Å²) in [6, 6.07) is 16.4. The summed E-state index contributed by atoms with van der Waals surface area (Å²) in [7, 11) is 1.00. The Kier molecular flexibility index (Phi) is 14.0. The van der Waals surface area contributed by atoms with Crippen LogP contribution in [0.5, 0.6) is 0 Å². The molecule has 1 aromatic heterocycles. The summed E-state index contributed by atoms with van der Waals surface area (Å²) in [4.78, 5) is 23.6. The number of esters is 2. The van der Waals surface area contributed by atoms with Gasteiger partial charge in [0.15, 0.2) is 0 Å². The maximum absolute atomic E-state index is 11.9.